The van der Waals surface area contributed by atoms with Crippen LogP contribution in [0, 0.1) is 10.8 Å². The van der Waals surface area contributed by atoms with Gasteiger partial charge in [-0.15, -0.1) is 0 Å². The van der Waals surface area contributed by atoms with Gasteiger partial charge in [-0.3, -0.25) is 0 Å². The van der Waals surface area contributed by atoms with Crippen LogP contribution in [0.3, 0.4) is 0 Å². The summed E-state index contributed by atoms with van der Waals surface area (Å²) in [5.41, 5.74) is 0.0544. The minimum atomic E-state index is -0.458. The normalized spacial score (nSPS) is 17.9. The van der Waals surface area contributed by atoms with Crippen molar-refractivity contribution in [3.63, 3.8) is 0 Å². The third-order valence-electron chi connectivity index (χ3n) is 4.92. The lowest BCUT2D eigenvalue weighted by Gasteiger charge is -2.30. The van der Waals surface area contributed by atoms with E-state index >= 15 is 0 Å². The molecular formula is C23H30NOP. The number of rotatable bonds is 5. The van der Waals surface area contributed by atoms with Gasteiger partial charge >= 0.3 is 0 Å². The van der Waals surface area contributed by atoms with Gasteiger partial charge in [0.1, 0.15) is 6.61 Å². The van der Waals surface area contributed by atoms with Crippen molar-refractivity contribution in [3.8, 4) is 0 Å². The second-order valence-electron chi connectivity index (χ2n) is 8.77. The van der Waals surface area contributed by atoms with Crippen LogP contribution in [0.4, 0.5) is 0 Å². The van der Waals surface area contributed by atoms with Crippen molar-refractivity contribution in [3.05, 3.63) is 60.7 Å². The van der Waals surface area contributed by atoms with Crippen LogP contribution in [-0.4, -0.2) is 24.7 Å². The number of nitrogens with zero attached hydrogens (tertiary/aromatic N) is 1. The Bertz CT molecular complexity index is 707. The smallest absolute Gasteiger partial charge is 0.189 e. The zero-order valence-corrected chi connectivity index (χ0v) is 17.5. The minimum absolute atomic E-state index is 0.0859. The Morgan fingerprint density at radius 2 is 1.38 bits per heavy atom. The summed E-state index contributed by atoms with van der Waals surface area (Å²) in [6.07, 6.45) is 1.03. The van der Waals surface area contributed by atoms with Crippen molar-refractivity contribution in [1.82, 2.24) is 0 Å². The van der Waals surface area contributed by atoms with Crippen LogP contribution in [0.2, 0.25) is 0 Å². The second-order valence-corrected chi connectivity index (χ2v) is 11.0. The summed E-state index contributed by atoms with van der Waals surface area (Å²) >= 11 is 0. The molecule has 1 aliphatic rings. The van der Waals surface area contributed by atoms with E-state index in [4.69, 9.17) is 9.73 Å². The Morgan fingerprint density at radius 3 is 1.81 bits per heavy atom. The number of ether oxygens (including phenoxy) is 1. The summed E-state index contributed by atoms with van der Waals surface area (Å²) in [6, 6.07) is 22.0. The molecule has 0 bridgehead atoms. The maximum Gasteiger partial charge on any atom is 0.189 e. The van der Waals surface area contributed by atoms with Gasteiger partial charge in [0.25, 0.3) is 0 Å². The summed E-state index contributed by atoms with van der Waals surface area (Å²) in [6.45, 7) is 12.0. The van der Waals surface area contributed by atoms with E-state index < -0.39 is 7.92 Å². The van der Waals surface area contributed by atoms with E-state index in [0.29, 0.717) is 6.61 Å². The molecule has 0 unspecified atom stereocenters. The molecule has 0 saturated carbocycles. The zero-order chi connectivity index (χ0) is 18.8. The molecule has 2 aromatic carbocycles. The molecule has 1 atom stereocenters. The number of hydrogen-bond donors (Lipinski definition) is 0. The fourth-order valence-corrected chi connectivity index (χ4v) is 5.85. The molecule has 0 radical (unpaired) electrons. The van der Waals surface area contributed by atoms with Gasteiger partial charge in [0.2, 0.25) is 0 Å². The molecule has 1 aliphatic heterocycles. The highest BCUT2D eigenvalue weighted by Crippen LogP contribution is 2.42. The molecule has 2 aromatic rings. The number of benzene rings is 2. The van der Waals surface area contributed by atoms with E-state index in [-0.39, 0.29) is 16.9 Å². The van der Waals surface area contributed by atoms with Gasteiger partial charge in [0, 0.05) is 5.41 Å². The predicted molar refractivity (Wildman–Crippen MR) is 114 cm³/mol. The molecule has 0 aliphatic carbocycles. The first kappa shape index (κ1) is 19.1. The molecule has 138 valence electrons. The van der Waals surface area contributed by atoms with Gasteiger partial charge in [-0.05, 0) is 30.1 Å². The van der Waals surface area contributed by atoms with Crippen LogP contribution in [0.5, 0.6) is 0 Å². The van der Waals surface area contributed by atoms with E-state index in [2.05, 4.69) is 95.3 Å². The summed E-state index contributed by atoms with van der Waals surface area (Å²) in [5, 5.41) is 2.82. The third kappa shape index (κ3) is 4.35. The first-order valence-electron chi connectivity index (χ1n) is 9.36. The summed E-state index contributed by atoms with van der Waals surface area (Å²) < 4.78 is 6.09. The highest BCUT2D eigenvalue weighted by atomic mass is 31.1. The van der Waals surface area contributed by atoms with E-state index in [0.717, 1.165) is 12.1 Å². The Hall–Kier alpha value is -1.66. The van der Waals surface area contributed by atoms with E-state index in [1.807, 2.05) is 0 Å². The molecule has 0 saturated heterocycles. The molecule has 0 spiro atoms. The topological polar surface area (TPSA) is 21.6 Å². The van der Waals surface area contributed by atoms with Crippen molar-refractivity contribution >= 4 is 24.4 Å². The van der Waals surface area contributed by atoms with E-state index in [9.17, 15) is 0 Å². The zero-order valence-electron chi connectivity index (χ0n) is 16.6. The largest absolute Gasteiger partial charge is 0.478 e. The van der Waals surface area contributed by atoms with Crippen LogP contribution < -0.4 is 10.6 Å². The summed E-state index contributed by atoms with van der Waals surface area (Å²) in [4.78, 5) is 4.98. The number of aliphatic imine (C=N–C) groups is 1. The Labute approximate surface area is 159 Å². The first-order chi connectivity index (χ1) is 12.3. The van der Waals surface area contributed by atoms with Crippen LogP contribution in [0.15, 0.2) is 65.7 Å². The van der Waals surface area contributed by atoms with Gasteiger partial charge in [-0.1, -0.05) is 95.3 Å². The molecule has 26 heavy (non-hydrogen) atoms. The fraction of sp³-hybridized carbons (Fsp3) is 0.435. The van der Waals surface area contributed by atoms with Gasteiger partial charge in [-0.2, -0.15) is 0 Å². The molecule has 3 rings (SSSR count). The summed E-state index contributed by atoms with van der Waals surface area (Å²) in [7, 11) is -0.458. The highest BCUT2D eigenvalue weighted by molar-refractivity contribution is 7.73. The lowest BCUT2D eigenvalue weighted by molar-refractivity contribution is 0.223. The van der Waals surface area contributed by atoms with Gasteiger partial charge in [-0.25, -0.2) is 4.99 Å². The average Bonchev–Trinajstić information content (AvgIpc) is 3.13. The van der Waals surface area contributed by atoms with Crippen molar-refractivity contribution in [2.45, 2.75) is 40.7 Å². The van der Waals surface area contributed by atoms with Gasteiger partial charge in [0.15, 0.2) is 5.90 Å². The third-order valence-corrected chi connectivity index (χ3v) is 7.87. The van der Waals surface area contributed by atoms with Crippen LogP contribution >= 0.6 is 7.92 Å². The minimum Gasteiger partial charge on any atom is -0.478 e. The molecule has 3 heteroatoms. The average molecular weight is 367 g/mol. The molecule has 1 heterocycles. The maximum atomic E-state index is 6.09. The SMILES string of the molecule is CC(C)(CP(c1ccccc1)c1ccccc1)C1=N[C@H](C(C)(C)C)CO1. The highest BCUT2D eigenvalue weighted by Gasteiger charge is 2.38. The van der Waals surface area contributed by atoms with E-state index in [1.165, 1.54) is 10.6 Å². The quantitative estimate of drug-likeness (QED) is 0.682. The number of hydrogen-bond acceptors (Lipinski definition) is 2. The second kappa shape index (κ2) is 7.53. The Morgan fingerprint density at radius 1 is 0.885 bits per heavy atom. The molecule has 0 N–H and O–H groups in total. The monoisotopic (exact) mass is 367 g/mol. The van der Waals surface area contributed by atoms with Gasteiger partial charge < -0.3 is 4.74 Å². The lowest BCUT2D eigenvalue weighted by atomic mass is 9.88. The van der Waals surface area contributed by atoms with Crippen LogP contribution in [0.25, 0.3) is 0 Å². The van der Waals surface area contributed by atoms with Crippen LogP contribution in [0.1, 0.15) is 34.6 Å². The molecule has 0 amide bonds. The van der Waals surface area contributed by atoms with Crippen LogP contribution in [-0.2, 0) is 4.74 Å². The van der Waals surface area contributed by atoms with Gasteiger partial charge in [0.05, 0.1) is 6.04 Å². The molecule has 2 nitrogen and oxygen atoms in total. The summed E-state index contributed by atoms with van der Waals surface area (Å²) in [5.74, 6) is 0.928. The predicted octanol–water partition coefficient (Wildman–Crippen LogP) is 4.99. The van der Waals surface area contributed by atoms with Crippen molar-refractivity contribution in [2.75, 3.05) is 12.8 Å². The Kier molecular flexibility index (Phi) is 5.53. The fourth-order valence-electron chi connectivity index (χ4n) is 3.20. The van der Waals surface area contributed by atoms with Crippen molar-refractivity contribution in [2.24, 2.45) is 15.8 Å². The standard InChI is InChI=1S/C23H30NOP/c1-22(2,3)20-16-25-21(24-20)23(4,5)17-26(18-12-8-6-9-13-18)19-14-10-7-11-15-19/h6-15,20H,16-17H2,1-5H3/t20-/m0/s1. The molecule has 0 fully saturated rings. The van der Waals surface area contributed by atoms with Crippen molar-refractivity contribution < 1.29 is 4.74 Å². The molecule has 0 aromatic heterocycles. The lowest BCUT2D eigenvalue weighted by Crippen LogP contribution is -2.31. The maximum absolute atomic E-state index is 6.09. The van der Waals surface area contributed by atoms with Crippen molar-refractivity contribution in [1.29, 1.82) is 0 Å². The first-order valence-corrected chi connectivity index (χ1v) is 10.9. The molecular weight excluding hydrogens is 337 g/mol. The van der Waals surface area contributed by atoms with E-state index in [1.54, 1.807) is 0 Å². The Balaban J connectivity index is 1.89.